The molecule has 1 fully saturated rings. The predicted octanol–water partition coefficient (Wildman–Crippen LogP) is 2.37. The highest BCUT2D eigenvalue weighted by Crippen LogP contribution is 2.17. The zero-order chi connectivity index (χ0) is 15.3. The first-order valence-electron chi connectivity index (χ1n) is 7.90. The van der Waals surface area contributed by atoms with Crippen molar-refractivity contribution in [3.05, 3.63) is 18.1 Å². The van der Waals surface area contributed by atoms with Crippen LogP contribution >= 0.6 is 0 Å². The van der Waals surface area contributed by atoms with Gasteiger partial charge in [0.05, 0.1) is 18.0 Å². The smallest absolute Gasteiger partial charge is 0.147 e. The summed E-state index contributed by atoms with van der Waals surface area (Å²) in [6, 6.07) is 0. The first kappa shape index (κ1) is 16.2. The van der Waals surface area contributed by atoms with Crippen LogP contribution in [0.2, 0.25) is 0 Å². The molecule has 0 aliphatic carbocycles. The summed E-state index contributed by atoms with van der Waals surface area (Å²) in [5.41, 5.74) is 1.06. The van der Waals surface area contributed by atoms with Crippen LogP contribution in [0.25, 0.3) is 0 Å². The van der Waals surface area contributed by atoms with Crippen LogP contribution in [0.15, 0.2) is 12.4 Å². The summed E-state index contributed by atoms with van der Waals surface area (Å²) in [5.74, 6) is 0.946. The van der Waals surface area contributed by atoms with Gasteiger partial charge >= 0.3 is 0 Å². The summed E-state index contributed by atoms with van der Waals surface area (Å²) in [7, 11) is 0. The standard InChI is InChI=1S/C16H28N4O/c1-5-20(12-14-7-6-8-21-14)15-11-17-9-13(19-15)10-18-16(2,3)4/h9,11,14,18H,5-8,10,12H2,1-4H3. The molecular formula is C16H28N4O. The largest absolute Gasteiger partial charge is 0.376 e. The maximum Gasteiger partial charge on any atom is 0.147 e. The van der Waals surface area contributed by atoms with Gasteiger partial charge in [0.25, 0.3) is 0 Å². The highest BCUT2D eigenvalue weighted by molar-refractivity contribution is 5.36. The third-order valence-electron chi connectivity index (χ3n) is 3.63. The second-order valence-electron chi connectivity index (χ2n) is 6.65. The second kappa shape index (κ2) is 7.18. The van der Waals surface area contributed by atoms with Gasteiger partial charge in [-0.25, -0.2) is 4.98 Å². The van der Waals surface area contributed by atoms with Gasteiger partial charge in [0.15, 0.2) is 0 Å². The molecular weight excluding hydrogens is 264 g/mol. The van der Waals surface area contributed by atoms with Crippen molar-refractivity contribution in [1.82, 2.24) is 15.3 Å². The molecule has 0 amide bonds. The van der Waals surface area contributed by atoms with E-state index in [9.17, 15) is 0 Å². The molecule has 2 heterocycles. The van der Waals surface area contributed by atoms with E-state index in [1.165, 1.54) is 6.42 Å². The lowest BCUT2D eigenvalue weighted by Crippen LogP contribution is -2.36. The number of rotatable bonds is 6. The van der Waals surface area contributed by atoms with Crippen LogP contribution < -0.4 is 10.2 Å². The molecule has 0 radical (unpaired) electrons. The van der Waals surface area contributed by atoms with Crippen LogP contribution in [0, 0.1) is 0 Å². The summed E-state index contributed by atoms with van der Waals surface area (Å²) >= 11 is 0. The molecule has 1 saturated heterocycles. The molecule has 0 saturated carbocycles. The Morgan fingerprint density at radius 1 is 1.38 bits per heavy atom. The maximum absolute atomic E-state index is 5.73. The van der Waals surface area contributed by atoms with Gasteiger partial charge in [-0.15, -0.1) is 0 Å². The summed E-state index contributed by atoms with van der Waals surface area (Å²) in [5, 5.41) is 3.45. The van der Waals surface area contributed by atoms with Gasteiger partial charge in [-0.2, -0.15) is 0 Å². The number of ether oxygens (including phenoxy) is 1. The fraction of sp³-hybridized carbons (Fsp3) is 0.750. The minimum absolute atomic E-state index is 0.0832. The third kappa shape index (κ3) is 5.25. The summed E-state index contributed by atoms with van der Waals surface area (Å²) in [4.78, 5) is 11.3. The molecule has 2 rings (SSSR count). The van der Waals surface area contributed by atoms with Gasteiger partial charge in [-0.05, 0) is 40.5 Å². The minimum atomic E-state index is 0.0832. The van der Waals surface area contributed by atoms with E-state index in [-0.39, 0.29) is 5.54 Å². The van der Waals surface area contributed by atoms with Crippen molar-refractivity contribution < 1.29 is 4.74 Å². The molecule has 1 aliphatic heterocycles. The van der Waals surface area contributed by atoms with Gasteiger partial charge in [-0.3, -0.25) is 4.98 Å². The first-order valence-corrected chi connectivity index (χ1v) is 7.90. The Labute approximate surface area is 128 Å². The van der Waals surface area contributed by atoms with Gasteiger partial charge in [0, 0.05) is 38.0 Å². The van der Waals surface area contributed by atoms with Crippen LogP contribution in [-0.4, -0.2) is 41.3 Å². The molecule has 0 aromatic carbocycles. The number of aromatic nitrogens is 2. The van der Waals surface area contributed by atoms with E-state index in [4.69, 9.17) is 9.72 Å². The fourth-order valence-electron chi connectivity index (χ4n) is 2.41. The van der Waals surface area contributed by atoms with Crippen molar-refractivity contribution in [3.63, 3.8) is 0 Å². The van der Waals surface area contributed by atoms with Crippen molar-refractivity contribution in [1.29, 1.82) is 0 Å². The van der Waals surface area contributed by atoms with E-state index in [1.54, 1.807) is 0 Å². The van der Waals surface area contributed by atoms with Crippen molar-refractivity contribution in [2.45, 2.75) is 58.7 Å². The van der Waals surface area contributed by atoms with E-state index in [0.29, 0.717) is 6.10 Å². The molecule has 5 heteroatoms. The highest BCUT2D eigenvalue weighted by Gasteiger charge is 2.19. The Morgan fingerprint density at radius 3 is 2.81 bits per heavy atom. The summed E-state index contributed by atoms with van der Waals surface area (Å²) in [6.45, 7) is 12.1. The Hall–Kier alpha value is -1.20. The van der Waals surface area contributed by atoms with Crippen LogP contribution in [0.4, 0.5) is 5.82 Å². The summed E-state index contributed by atoms with van der Waals surface area (Å²) in [6.07, 6.45) is 6.34. The Kier molecular flexibility index (Phi) is 5.53. The summed E-state index contributed by atoms with van der Waals surface area (Å²) < 4.78 is 5.73. The Morgan fingerprint density at radius 2 is 2.19 bits per heavy atom. The molecule has 5 nitrogen and oxygen atoms in total. The predicted molar refractivity (Wildman–Crippen MR) is 85.5 cm³/mol. The zero-order valence-corrected chi connectivity index (χ0v) is 13.7. The van der Waals surface area contributed by atoms with Crippen molar-refractivity contribution in [2.24, 2.45) is 0 Å². The molecule has 1 aliphatic rings. The maximum atomic E-state index is 5.73. The van der Waals surface area contributed by atoms with E-state index in [2.05, 4.69) is 42.9 Å². The van der Waals surface area contributed by atoms with E-state index >= 15 is 0 Å². The highest BCUT2D eigenvalue weighted by atomic mass is 16.5. The van der Waals surface area contributed by atoms with Gasteiger partial charge in [0.2, 0.25) is 0 Å². The SMILES string of the molecule is CCN(CC1CCCO1)c1cncc(CNC(C)(C)C)n1. The van der Waals surface area contributed by atoms with Crippen molar-refractivity contribution >= 4 is 5.82 Å². The average Bonchev–Trinajstić information content (AvgIpc) is 2.95. The van der Waals surface area contributed by atoms with E-state index in [0.717, 1.165) is 44.2 Å². The fourth-order valence-corrected chi connectivity index (χ4v) is 2.41. The number of nitrogens with one attached hydrogen (secondary N) is 1. The molecule has 0 bridgehead atoms. The minimum Gasteiger partial charge on any atom is -0.376 e. The lowest BCUT2D eigenvalue weighted by Gasteiger charge is -2.25. The number of nitrogens with zero attached hydrogens (tertiary/aromatic N) is 3. The van der Waals surface area contributed by atoms with Crippen LogP contribution in [-0.2, 0) is 11.3 Å². The third-order valence-corrected chi connectivity index (χ3v) is 3.63. The zero-order valence-electron chi connectivity index (χ0n) is 13.7. The Balaban J connectivity index is 2.00. The van der Waals surface area contributed by atoms with E-state index < -0.39 is 0 Å². The molecule has 1 aromatic rings. The van der Waals surface area contributed by atoms with Gasteiger partial charge < -0.3 is 15.0 Å². The number of hydrogen-bond acceptors (Lipinski definition) is 5. The monoisotopic (exact) mass is 292 g/mol. The topological polar surface area (TPSA) is 50.3 Å². The molecule has 118 valence electrons. The second-order valence-corrected chi connectivity index (χ2v) is 6.65. The normalized spacial score (nSPS) is 19.0. The van der Waals surface area contributed by atoms with Gasteiger partial charge in [-0.1, -0.05) is 0 Å². The quantitative estimate of drug-likeness (QED) is 0.872. The van der Waals surface area contributed by atoms with Crippen molar-refractivity contribution in [3.8, 4) is 0 Å². The lowest BCUT2D eigenvalue weighted by atomic mass is 10.1. The molecule has 0 spiro atoms. The molecule has 1 aromatic heterocycles. The lowest BCUT2D eigenvalue weighted by molar-refractivity contribution is 0.115. The molecule has 1 unspecified atom stereocenters. The van der Waals surface area contributed by atoms with Gasteiger partial charge in [0.1, 0.15) is 5.82 Å². The number of hydrogen-bond donors (Lipinski definition) is 1. The molecule has 21 heavy (non-hydrogen) atoms. The van der Waals surface area contributed by atoms with Crippen LogP contribution in [0.3, 0.4) is 0 Å². The number of likely N-dealkylation sites (N-methyl/N-ethyl adjacent to an activating group) is 1. The molecule has 1 atom stereocenters. The van der Waals surface area contributed by atoms with E-state index in [1.807, 2.05) is 12.4 Å². The van der Waals surface area contributed by atoms with Crippen molar-refractivity contribution in [2.75, 3.05) is 24.6 Å². The number of anilines is 1. The molecule has 1 N–H and O–H groups in total. The average molecular weight is 292 g/mol. The first-order chi connectivity index (χ1) is 9.98. The van der Waals surface area contributed by atoms with Crippen LogP contribution in [0.1, 0.15) is 46.2 Å². The Bertz CT molecular complexity index is 438. The van der Waals surface area contributed by atoms with Crippen LogP contribution in [0.5, 0.6) is 0 Å².